The third-order valence-corrected chi connectivity index (χ3v) is 4.88. The molecule has 3 aliphatic heterocycles. The number of carbonyl (C=O) groups excluding carboxylic acids is 2. The normalized spacial score (nSPS) is 35.3. The Morgan fingerprint density at radius 2 is 2.27 bits per heavy atom. The molecule has 0 unspecified atom stereocenters. The highest BCUT2D eigenvalue weighted by molar-refractivity contribution is 6.31. The molecule has 1 aromatic carbocycles. The molecular weight excluding hydrogens is 313 g/mol. The van der Waals surface area contributed by atoms with Crippen molar-refractivity contribution in [2.75, 3.05) is 11.4 Å². The van der Waals surface area contributed by atoms with Crippen LogP contribution in [0.15, 0.2) is 30.4 Å². The van der Waals surface area contributed by atoms with Crippen molar-refractivity contribution in [1.82, 2.24) is 0 Å². The largest absolute Gasteiger partial charge is 0.550 e. The summed E-state index contributed by atoms with van der Waals surface area (Å²) in [4.78, 5) is 25.4. The van der Waals surface area contributed by atoms with E-state index in [4.69, 9.17) is 16.3 Å². The first-order valence-electron chi connectivity index (χ1n) is 6.77. The summed E-state index contributed by atoms with van der Waals surface area (Å²) in [5.74, 6) is -4.08. The van der Waals surface area contributed by atoms with Crippen LogP contribution in [0.5, 0.6) is 0 Å². The minimum absolute atomic E-state index is 0.0999. The number of halogens is 2. The van der Waals surface area contributed by atoms with Crippen LogP contribution in [0.2, 0.25) is 5.02 Å². The van der Waals surface area contributed by atoms with Crippen molar-refractivity contribution in [3.63, 3.8) is 0 Å². The number of anilines is 1. The Bertz CT molecular complexity index is 736. The lowest BCUT2D eigenvalue weighted by Crippen LogP contribution is -2.45. The molecule has 0 saturated carbocycles. The summed E-state index contributed by atoms with van der Waals surface area (Å²) < 4.78 is 19.0. The molecule has 0 aromatic heterocycles. The van der Waals surface area contributed by atoms with Crippen molar-refractivity contribution < 1.29 is 23.8 Å². The van der Waals surface area contributed by atoms with Gasteiger partial charge in [0.15, 0.2) is 0 Å². The van der Waals surface area contributed by atoms with Crippen LogP contribution in [0.25, 0.3) is 0 Å². The van der Waals surface area contributed by atoms with Gasteiger partial charge in [0.25, 0.3) is 0 Å². The number of amides is 1. The molecule has 3 aliphatic rings. The van der Waals surface area contributed by atoms with E-state index < -0.39 is 35.3 Å². The van der Waals surface area contributed by atoms with E-state index in [2.05, 4.69) is 0 Å². The zero-order valence-electron chi connectivity index (χ0n) is 11.2. The zero-order chi connectivity index (χ0) is 15.6. The first kappa shape index (κ1) is 13.7. The van der Waals surface area contributed by atoms with Crippen LogP contribution in [-0.4, -0.2) is 30.1 Å². The second-order valence-corrected chi connectivity index (χ2v) is 6.15. The molecule has 2 fully saturated rings. The van der Waals surface area contributed by atoms with Crippen LogP contribution in [0.1, 0.15) is 0 Å². The Balaban J connectivity index is 1.74. The van der Waals surface area contributed by atoms with Crippen molar-refractivity contribution in [3.05, 3.63) is 41.2 Å². The number of nitrogens with zero attached hydrogens (tertiary/aromatic N) is 1. The SMILES string of the molecule is O=C([O-])[C@H]1[C@@H]2C=C[C@]3(CN(c4ccc(F)c(Cl)c4)C(=O)[C@@H]13)O2. The fraction of sp³-hybridized carbons (Fsp3) is 0.333. The molecule has 1 amide bonds. The van der Waals surface area contributed by atoms with Gasteiger partial charge in [-0.15, -0.1) is 0 Å². The van der Waals surface area contributed by atoms with Crippen molar-refractivity contribution >= 4 is 29.2 Å². The lowest BCUT2D eigenvalue weighted by molar-refractivity contribution is -0.313. The number of fused-ring (bicyclic) bond motifs is 1. The van der Waals surface area contributed by atoms with E-state index >= 15 is 0 Å². The number of benzene rings is 1. The van der Waals surface area contributed by atoms with E-state index in [9.17, 15) is 19.1 Å². The van der Waals surface area contributed by atoms with Gasteiger partial charge in [0, 0.05) is 17.6 Å². The Kier molecular flexibility index (Phi) is 2.68. The summed E-state index contributed by atoms with van der Waals surface area (Å²) in [7, 11) is 0. The summed E-state index contributed by atoms with van der Waals surface area (Å²) in [6, 6.07) is 3.94. The molecule has 2 saturated heterocycles. The molecule has 0 radical (unpaired) electrons. The van der Waals surface area contributed by atoms with Crippen molar-refractivity contribution in [1.29, 1.82) is 0 Å². The van der Waals surface area contributed by atoms with Gasteiger partial charge in [-0.2, -0.15) is 0 Å². The maximum absolute atomic E-state index is 13.3. The standard InChI is InChI=1S/C15H11ClFNO4/c16-8-5-7(1-2-9(8)17)18-6-15-4-3-10(22-15)11(14(20)21)12(15)13(18)19/h1-5,10-12H,6H2,(H,20,21)/p-1/t10-,11-,12+,15+/m0/s1. The van der Waals surface area contributed by atoms with E-state index in [-0.39, 0.29) is 17.5 Å². The topological polar surface area (TPSA) is 69.7 Å². The molecule has 3 heterocycles. The van der Waals surface area contributed by atoms with E-state index in [0.29, 0.717) is 5.69 Å². The molecule has 0 N–H and O–H groups in total. The summed E-state index contributed by atoms with van der Waals surface area (Å²) in [6.45, 7) is 0.176. The minimum Gasteiger partial charge on any atom is -0.550 e. The molecule has 22 heavy (non-hydrogen) atoms. The fourth-order valence-electron chi connectivity index (χ4n) is 3.64. The lowest BCUT2D eigenvalue weighted by atomic mass is 9.77. The van der Waals surface area contributed by atoms with E-state index in [1.807, 2.05) is 0 Å². The molecule has 4 rings (SSSR count). The monoisotopic (exact) mass is 322 g/mol. The Morgan fingerprint density at radius 1 is 1.50 bits per heavy atom. The van der Waals surface area contributed by atoms with Gasteiger partial charge in [-0.3, -0.25) is 4.79 Å². The molecule has 0 aliphatic carbocycles. The molecule has 5 nitrogen and oxygen atoms in total. The summed E-state index contributed by atoms with van der Waals surface area (Å²) in [6.07, 6.45) is 2.77. The van der Waals surface area contributed by atoms with Crippen LogP contribution in [0.3, 0.4) is 0 Å². The first-order chi connectivity index (χ1) is 10.4. The number of hydrogen-bond acceptors (Lipinski definition) is 4. The first-order valence-corrected chi connectivity index (χ1v) is 7.15. The van der Waals surface area contributed by atoms with Crippen LogP contribution >= 0.6 is 11.6 Å². The molecule has 2 bridgehead atoms. The third kappa shape index (κ3) is 1.62. The summed E-state index contributed by atoms with van der Waals surface area (Å²) in [5.41, 5.74) is -0.536. The second kappa shape index (κ2) is 4.30. The number of carboxylic acids is 1. The van der Waals surface area contributed by atoms with E-state index in [0.717, 1.165) is 0 Å². The van der Waals surface area contributed by atoms with Gasteiger partial charge in [-0.25, -0.2) is 4.39 Å². The summed E-state index contributed by atoms with van der Waals surface area (Å²) >= 11 is 5.75. The van der Waals surface area contributed by atoms with Crippen LogP contribution in [0.4, 0.5) is 10.1 Å². The molecule has 7 heteroatoms. The van der Waals surface area contributed by atoms with Crippen molar-refractivity contribution in [3.8, 4) is 0 Å². The van der Waals surface area contributed by atoms with Crippen LogP contribution in [-0.2, 0) is 14.3 Å². The maximum atomic E-state index is 13.3. The van der Waals surface area contributed by atoms with Crippen LogP contribution in [0, 0.1) is 17.7 Å². The number of hydrogen-bond donors (Lipinski definition) is 0. The highest BCUT2D eigenvalue weighted by Crippen LogP contribution is 2.52. The van der Waals surface area contributed by atoms with Gasteiger partial charge in [0.05, 0.1) is 23.6 Å². The fourth-order valence-corrected chi connectivity index (χ4v) is 3.81. The predicted octanol–water partition coefficient (Wildman–Crippen LogP) is 0.515. The number of ether oxygens (including phenoxy) is 1. The Labute approximate surface area is 129 Å². The average molecular weight is 323 g/mol. The van der Waals surface area contributed by atoms with E-state index in [1.165, 1.54) is 23.1 Å². The minimum atomic E-state index is -1.30. The van der Waals surface area contributed by atoms with Crippen molar-refractivity contribution in [2.24, 2.45) is 11.8 Å². The smallest absolute Gasteiger partial charge is 0.234 e. The van der Waals surface area contributed by atoms with Gasteiger partial charge in [-0.05, 0) is 18.2 Å². The van der Waals surface area contributed by atoms with Gasteiger partial charge in [-0.1, -0.05) is 23.8 Å². The highest BCUT2D eigenvalue weighted by atomic mass is 35.5. The second-order valence-electron chi connectivity index (χ2n) is 5.74. The van der Waals surface area contributed by atoms with Crippen molar-refractivity contribution in [2.45, 2.75) is 11.7 Å². The van der Waals surface area contributed by atoms with Gasteiger partial charge < -0.3 is 19.5 Å². The summed E-state index contributed by atoms with van der Waals surface area (Å²) in [5, 5.41) is 11.3. The zero-order valence-corrected chi connectivity index (χ0v) is 11.9. The lowest BCUT2D eigenvalue weighted by Gasteiger charge is -2.24. The number of carbonyl (C=O) groups is 2. The maximum Gasteiger partial charge on any atom is 0.234 e. The highest BCUT2D eigenvalue weighted by Gasteiger charge is 2.65. The average Bonchev–Trinajstić information content (AvgIpc) is 3.10. The molecule has 1 aromatic rings. The third-order valence-electron chi connectivity index (χ3n) is 4.59. The Morgan fingerprint density at radius 3 is 2.95 bits per heavy atom. The number of carboxylic acid groups (broad SMARTS) is 1. The molecule has 1 spiro atoms. The van der Waals surface area contributed by atoms with Gasteiger partial charge in [0.2, 0.25) is 5.91 Å². The molecular formula is C15H10ClFNO4-. The quantitative estimate of drug-likeness (QED) is 0.744. The van der Waals surface area contributed by atoms with Crippen LogP contribution < -0.4 is 10.0 Å². The Hall–Kier alpha value is -1.92. The number of rotatable bonds is 2. The van der Waals surface area contributed by atoms with Gasteiger partial charge in [0.1, 0.15) is 11.4 Å². The molecule has 114 valence electrons. The van der Waals surface area contributed by atoms with Gasteiger partial charge >= 0.3 is 0 Å². The number of aliphatic carboxylic acids is 1. The van der Waals surface area contributed by atoms with E-state index in [1.54, 1.807) is 12.2 Å². The molecule has 4 atom stereocenters. The predicted molar refractivity (Wildman–Crippen MR) is 72.5 cm³/mol.